The maximum absolute atomic E-state index is 12.0. The molecule has 0 spiro atoms. The van der Waals surface area contributed by atoms with Crippen molar-refractivity contribution in [3.8, 4) is 5.75 Å². The Morgan fingerprint density at radius 1 is 1.35 bits per heavy atom. The quantitative estimate of drug-likeness (QED) is 0.794. The number of ether oxygens (including phenoxy) is 1. The number of nitrogens with one attached hydrogen (secondary N) is 1. The van der Waals surface area contributed by atoms with Crippen LogP contribution in [0.3, 0.4) is 0 Å². The van der Waals surface area contributed by atoms with Gasteiger partial charge in [0.15, 0.2) is 0 Å². The summed E-state index contributed by atoms with van der Waals surface area (Å²) in [6, 6.07) is 3.37. The summed E-state index contributed by atoms with van der Waals surface area (Å²) in [4.78, 5) is 0. The Labute approximate surface area is 132 Å². The lowest BCUT2D eigenvalue weighted by molar-refractivity contribution is 0.359. The molecule has 0 bridgehead atoms. The van der Waals surface area contributed by atoms with Crippen LogP contribution in [0, 0.1) is 0 Å². The average Bonchev–Trinajstić information content (AvgIpc) is 2.36. The maximum atomic E-state index is 12.0. The Bertz CT molecular complexity index is 513. The van der Waals surface area contributed by atoms with Crippen LogP contribution in [0.4, 0.5) is 0 Å². The number of benzene rings is 1. The molecule has 1 aromatic rings. The zero-order chi connectivity index (χ0) is 15.3. The van der Waals surface area contributed by atoms with E-state index >= 15 is 0 Å². The molecule has 1 atom stereocenters. The summed E-state index contributed by atoms with van der Waals surface area (Å²) in [5, 5.41) is 0.863. The van der Waals surface area contributed by atoms with Crippen LogP contribution in [0.15, 0.2) is 24.8 Å². The maximum Gasteiger partial charge on any atom is 0.125 e. The van der Waals surface area contributed by atoms with Gasteiger partial charge in [0, 0.05) is 18.2 Å². The second-order valence-corrected chi connectivity index (χ2v) is 8.04. The molecule has 0 amide bonds. The first kappa shape index (κ1) is 17.5. The van der Waals surface area contributed by atoms with Crippen LogP contribution in [-0.2, 0) is 17.5 Å². The molecule has 0 fully saturated rings. The van der Waals surface area contributed by atoms with Crippen molar-refractivity contribution in [2.24, 2.45) is 0 Å². The van der Waals surface area contributed by atoms with Gasteiger partial charge in [0.1, 0.15) is 12.4 Å². The number of halogens is 2. The molecule has 0 saturated heterocycles. The average molecular weight is 336 g/mol. The molecule has 20 heavy (non-hydrogen) atoms. The van der Waals surface area contributed by atoms with Crippen molar-refractivity contribution in [1.29, 1.82) is 0 Å². The number of hydrogen-bond donors (Lipinski definition) is 1. The molecule has 0 saturated carbocycles. The standard InChI is InChI=1S/C14H19Cl2NO2S/c1-5-6-19-13-8-12(16)11(15)7-10(13)9-17-20(18)14(2,3)4/h5,7-8,17H,1,6,9H2,2-4H3. The molecule has 1 unspecified atom stereocenters. The van der Waals surface area contributed by atoms with Gasteiger partial charge in [-0.2, -0.15) is 0 Å². The molecule has 0 aliphatic carbocycles. The van der Waals surface area contributed by atoms with Crippen molar-refractivity contribution in [2.45, 2.75) is 32.1 Å². The normalized spacial score (nSPS) is 13.1. The smallest absolute Gasteiger partial charge is 0.125 e. The van der Waals surface area contributed by atoms with E-state index in [0.29, 0.717) is 28.9 Å². The molecule has 0 aliphatic rings. The van der Waals surface area contributed by atoms with Gasteiger partial charge in [0.2, 0.25) is 0 Å². The van der Waals surface area contributed by atoms with Crippen LogP contribution in [0.1, 0.15) is 26.3 Å². The van der Waals surface area contributed by atoms with Crippen LogP contribution < -0.4 is 9.46 Å². The fraction of sp³-hybridized carbons (Fsp3) is 0.429. The highest BCUT2D eigenvalue weighted by Gasteiger charge is 2.19. The predicted molar refractivity (Wildman–Crippen MR) is 86.9 cm³/mol. The van der Waals surface area contributed by atoms with Gasteiger partial charge in [-0.1, -0.05) is 35.9 Å². The molecule has 112 valence electrons. The van der Waals surface area contributed by atoms with Crippen LogP contribution in [0.5, 0.6) is 5.75 Å². The van der Waals surface area contributed by atoms with E-state index in [2.05, 4.69) is 11.3 Å². The first-order valence-corrected chi connectivity index (χ1v) is 8.03. The summed E-state index contributed by atoms with van der Waals surface area (Å²) in [5.41, 5.74) is 0.804. The van der Waals surface area contributed by atoms with Gasteiger partial charge in [-0.05, 0) is 26.8 Å². The molecule has 6 heteroatoms. The van der Waals surface area contributed by atoms with Gasteiger partial charge in [-0.25, -0.2) is 8.93 Å². The fourth-order valence-electron chi connectivity index (χ4n) is 1.35. The summed E-state index contributed by atoms with van der Waals surface area (Å²) >= 11 is 12.0. The second-order valence-electron chi connectivity index (χ2n) is 5.18. The molecular formula is C14H19Cl2NO2S. The molecule has 0 heterocycles. The Morgan fingerprint density at radius 2 is 1.95 bits per heavy atom. The third-order valence-electron chi connectivity index (χ3n) is 2.41. The summed E-state index contributed by atoms with van der Waals surface area (Å²) in [6.45, 7) is 10.1. The van der Waals surface area contributed by atoms with Gasteiger partial charge < -0.3 is 4.74 Å². The lowest BCUT2D eigenvalue weighted by atomic mass is 10.2. The Kier molecular flexibility index (Phi) is 6.52. The second kappa shape index (κ2) is 7.46. The summed E-state index contributed by atoms with van der Waals surface area (Å²) in [6.07, 6.45) is 1.65. The molecule has 1 N–H and O–H groups in total. The molecular weight excluding hydrogens is 317 g/mol. The first-order valence-electron chi connectivity index (χ1n) is 6.12. The monoisotopic (exact) mass is 335 g/mol. The van der Waals surface area contributed by atoms with E-state index in [9.17, 15) is 4.21 Å². The Hall–Kier alpha value is -0.550. The van der Waals surface area contributed by atoms with Gasteiger partial charge in [-0.3, -0.25) is 0 Å². The highest BCUT2D eigenvalue weighted by atomic mass is 35.5. The zero-order valence-corrected chi connectivity index (χ0v) is 14.2. The summed E-state index contributed by atoms with van der Waals surface area (Å²) in [5.74, 6) is 0.609. The molecule has 0 aliphatic heterocycles. The van der Waals surface area contributed by atoms with E-state index in [1.165, 1.54) is 0 Å². The molecule has 0 radical (unpaired) electrons. The highest BCUT2D eigenvalue weighted by Crippen LogP contribution is 2.31. The summed E-state index contributed by atoms with van der Waals surface area (Å²) < 4.78 is 20.2. The van der Waals surface area contributed by atoms with Crippen molar-refractivity contribution >= 4 is 34.2 Å². The third-order valence-corrected chi connectivity index (χ3v) is 4.65. The zero-order valence-electron chi connectivity index (χ0n) is 11.8. The van der Waals surface area contributed by atoms with E-state index in [4.69, 9.17) is 27.9 Å². The Balaban J connectivity index is 2.89. The molecule has 0 aromatic heterocycles. The summed E-state index contributed by atoms with van der Waals surface area (Å²) in [7, 11) is -1.17. The minimum Gasteiger partial charge on any atom is -0.489 e. The molecule has 1 rings (SSSR count). The van der Waals surface area contributed by atoms with E-state index in [0.717, 1.165) is 5.56 Å². The first-order chi connectivity index (χ1) is 9.25. The van der Waals surface area contributed by atoms with Crippen molar-refractivity contribution in [3.05, 3.63) is 40.4 Å². The van der Waals surface area contributed by atoms with Crippen molar-refractivity contribution in [1.82, 2.24) is 4.72 Å². The third kappa shape index (κ3) is 5.09. The minimum atomic E-state index is -1.17. The van der Waals surface area contributed by atoms with Crippen molar-refractivity contribution in [3.63, 3.8) is 0 Å². The van der Waals surface area contributed by atoms with E-state index in [-0.39, 0.29) is 4.75 Å². The molecule has 1 aromatic carbocycles. The van der Waals surface area contributed by atoms with E-state index in [1.54, 1.807) is 18.2 Å². The Morgan fingerprint density at radius 3 is 2.50 bits per heavy atom. The predicted octanol–water partition coefficient (Wildman–Crippen LogP) is 4.11. The number of rotatable bonds is 6. The van der Waals surface area contributed by atoms with Gasteiger partial charge in [-0.15, -0.1) is 0 Å². The van der Waals surface area contributed by atoms with Gasteiger partial charge >= 0.3 is 0 Å². The highest BCUT2D eigenvalue weighted by molar-refractivity contribution is 7.84. The van der Waals surface area contributed by atoms with Gasteiger partial charge in [0.05, 0.1) is 25.8 Å². The van der Waals surface area contributed by atoms with Crippen molar-refractivity contribution in [2.75, 3.05) is 6.61 Å². The lowest BCUT2D eigenvalue weighted by Crippen LogP contribution is -2.33. The van der Waals surface area contributed by atoms with Crippen LogP contribution in [0.25, 0.3) is 0 Å². The minimum absolute atomic E-state index is 0.335. The lowest BCUT2D eigenvalue weighted by Gasteiger charge is -2.19. The van der Waals surface area contributed by atoms with Crippen molar-refractivity contribution < 1.29 is 8.95 Å². The van der Waals surface area contributed by atoms with E-state index in [1.807, 2.05) is 20.8 Å². The largest absolute Gasteiger partial charge is 0.489 e. The SMILES string of the molecule is C=CCOc1cc(Cl)c(Cl)cc1CNS(=O)C(C)(C)C. The fourth-order valence-corrected chi connectivity index (χ4v) is 2.41. The van der Waals surface area contributed by atoms with Gasteiger partial charge in [0.25, 0.3) is 0 Å². The molecule has 3 nitrogen and oxygen atoms in total. The van der Waals surface area contributed by atoms with Crippen LogP contribution >= 0.6 is 23.2 Å². The topological polar surface area (TPSA) is 38.3 Å². The number of hydrogen-bond acceptors (Lipinski definition) is 2. The van der Waals surface area contributed by atoms with Crippen LogP contribution in [-0.4, -0.2) is 15.6 Å². The van der Waals surface area contributed by atoms with E-state index < -0.39 is 11.0 Å². The van der Waals surface area contributed by atoms with Crippen LogP contribution in [0.2, 0.25) is 10.0 Å².